The van der Waals surface area contributed by atoms with E-state index >= 15 is 0 Å². The van der Waals surface area contributed by atoms with Crippen LogP contribution in [0.25, 0.3) is 0 Å². The highest BCUT2D eigenvalue weighted by Gasteiger charge is 2.23. The third-order valence-electron chi connectivity index (χ3n) is 2.04. The maximum Gasteiger partial charge on any atom is 0.128 e. The molecule has 74 valence electrons. The SMILES string of the molecule is Cn1c(CN)nc(Br)c1C(C)(C)C. The average molecular weight is 246 g/mol. The van der Waals surface area contributed by atoms with Crippen LogP contribution in [0.5, 0.6) is 0 Å². The summed E-state index contributed by atoms with van der Waals surface area (Å²) >= 11 is 3.46. The summed E-state index contributed by atoms with van der Waals surface area (Å²) in [6, 6.07) is 0. The minimum atomic E-state index is 0.0913. The van der Waals surface area contributed by atoms with E-state index in [2.05, 4.69) is 46.3 Å². The van der Waals surface area contributed by atoms with E-state index in [0.29, 0.717) is 6.54 Å². The van der Waals surface area contributed by atoms with Gasteiger partial charge >= 0.3 is 0 Å². The first-order chi connectivity index (χ1) is 5.88. The molecular weight excluding hydrogens is 230 g/mol. The average Bonchev–Trinajstić information content (AvgIpc) is 2.24. The molecule has 0 spiro atoms. The molecule has 1 heterocycles. The van der Waals surface area contributed by atoms with E-state index in [-0.39, 0.29) is 5.41 Å². The van der Waals surface area contributed by atoms with E-state index < -0.39 is 0 Å². The highest BCUT2D eigenvalue weighted by Crippen LogP contribution is 2.29. The van der Waals surface area contributed by atoms with Crippen LogP contribution in [0.2, 0.25) is 0 Å². The molecule has 0 aromatic carbocycles. The monoisotopic (exact) mass is 245 g/mol. The van der Waals surface area contributed by atoms with Gasteiger partial charge < -0.3 is 10.3 Å². The molecule has 0 radical (unpaired) electrons. The van der Waals surface area contributed by atoms with Crippen LogP contribution in [0.15, 0.2) is 4.60 Å². The molecule has 1 aromatic rings. The smallest absolute Gasteiger partial charge is 0.128 e. The summed E-state index contributed by atoms with van der Waals surface area (Å²) in [5, 5.41) is 0. The first-order valence-electron chi connectivity index (χ1n) is 4.29. The molecule has 13 heavy (non-hydrogen) atoms. The molecule has 0 aliphatic carbocycles. The summed E-state index contributed by atoms with van der Waals surface area (Å²) in [6.07, 6.45) is 0. The van der Waals surface area contributed by atoms with Gasteiger partial charge in [0.25, 0.3) is 0 Å². The molecule has 0 saturated carbocycles. The lowest BCUT2D eigenvalue weighted by atomic mass is 9.93. The largest absolute Gasteiger partial charge is 0.333 e. The summed E-state index contributed by atoms with van der Waals surface area (Å²) in [7, 11) is 2.00. The first kappa shape index (κ1) is 10.7. The maximum absolute atomic E-state index is 5.57. The van der Waals surface area contributed by atoms with Crippen molar-refractivity contribution in [3.05, 3.63) is 16.1 Å². The van der Waals surface area contributed by atoms with Crippen LogP contribution in [0, 0.1) is 0 Å². The Hall–Kier alpha value is -0.350. The van der Waals surface area contributed by atoms with Crippen molar-refractivity contribution < 1.29 is 0 Å². The third kappa shape index (κ3) is 1.94. The predicted molar refractivity (Wildman–Crippen MR) is 57.5 cm³/mol. The Morgan fingerprint density at radius 1 is 1.46 bits per heavy atom. The molecule has 1 rings (SSSR count). The van der Waals surface area contributed by atoms with Crippen LogP contribution in [0.3, 0.4) is 0 Å². The van der Waals surface area contributed by atoms with Gasteiger partial charge in [0.15, 0.2) is 0 Å². The van der Waals surface area contributed by atoms with Gasteiger partial charge in [0.05, 0.1) is 12.2 Å². The number of hydrogen-bond donors (Lipinski definition) is 1. The molecule has 2 N–H and O–H groups in total. The second-order valence-electron chi connectivity index (χ2n) is 4.18. The summed E-state index contributed by atoms with van der Waals surface area (Å²) in [6.45, 7) is 6.96. The Morgan fingerprint density at radius 2 is 2.00 bits per heavy atom. The standard InChI is InChI=1S/C9H16BrN3/c1-9(2,3)7-8(10)12-6(5-11)13(7)4/h5,11H2,1-4H3. The number of nitrogens with two attached hydrogens (primary N) is 1. The van der Waals surface area contributed by atoms with Gasteiger partial charge in [0.1, 0.15) is 10.4 Å². The van der Waals surface area contributed by atoms with Crippen LogP contribution in [0.4, 0.5) is 0 Å². The van der Waals surface area contributed by atoms with Crippen molar-refractivity contribution in [2.45, 2.75) is 32.7 Å². The maximum atomic E-state index is 5.57. The number of imidazole rings is 1. The number of rotatable bonds is 1. The highest BCUT2D eigenvalue weighted by atomic mass is 79.9. The molecule has 0 unspecified atom stereocenters. The minimum Gasteiger partial charge on any atom is -0.333 e. The van der Waals surface area contributed by atoms with E-state index in [4.69, 9.17) is 5.73 Å². The van der Waals surface area contributed by atoms with Gasteiger partial charge in [-0.05, 0) is 15.9 Å². The van der Waals surface area contributed by atoms with E-state index in [1.54, 1.807) is 0 Å². The summed E-state index contributed by atoms with van der Waals surface area (Å²) in [5.74, 6) is 0.914. The van der Waals surface area contributed by atoms with Crippen molar-refractivity contribution in [2.24, 2.45) is 12.8 Å². The van der Waals surface area contributed by atoms with Gasteiger partial charge in [-0.2, -0.15) is 0 Å². The van der Waals surface area contributed by atoms with E-state index in [9.17, 15) is 0 Å². The number of nitrogens with zero attached hydrogens (tertiary/aromatic N) is 2. The Bertz CT molecular complexity index is 309. The van der Waals surface area contributed by atoms with Crippen LogP contribution >= 0.6 is 15.9 Å². The molecular formula is C9H16BrN3. The molecule has 3 nitrogen and oxygen atoms in total. The van der Waals surface area contributed by atoms with Gasteiger partial charge in [-0.3, -0.25) is 0 Å². The lowest BCUT2D eigenvalue weighted by Crippen LogP contribution is -2.18. The molecule has 0 fully saturated rings. The van der Waals surface area contributed by atoms with Crippen molar-refractivity contribution >= 4 is 15.9 Å². The molecule has 0 aliphatic rings. The molecule has 4 heteroatoms. The summed E-state index contributed by atoms with van der Waals surface area (Å²) < 4.78 is 2.97. The van der Waals surface area contributed by atoms with Gasteiger partial charge in [-0.15, -0.1) is 0 Å². The summed E-state index contributed by atoms with van der Waals surface area (Å²) in [5.41, 5.74) is 6.85. The van der Waals surface area contributed by atoms with Crippen LogP contribution < -0.4 is 5.73 Å². The third-order valence-corrected chi connectivity index (χ3v) is 2.59. The fourth-order valence-corrected chi connectivity index (χ4v) is 2.57. The Balaban J connectivity index is 3.29. The lowest BCUT2D eigenvalue weighted by Gasteiger charge is -2.20. The van der Waals surface area contributed by atoms with Gasteiger partial charge in [0, 0.05) is 12.5 Å². The van der Waals surface area contributed by atoms with Crippen molar-refractivity contribution in [2.75, 3.05) is 0 Å². The fraction of sp³-hybridized carbons (Fsp3) is 0.667. The van der Waals surface area contributed by atoms with E-state index in [1.807, 2.05) is 7.05 Å². The second kappa shape index (κ2) is 3.42. The molecule has 0 aliphatic heterocycles. The zero-order valence-electron chi connectivity index (χ0n) is 8.56. The van der Waals surface area contributed by atoms with Crippen LogP contribution in [-0.2, 0) is 19.0 Å². The lowest BCUT2D eigenvalue weighted by molar-refractivity contribution is 0.534. The second-order valence-corrected chi connectivity index (χ2v) is 4.93. The number of hydrogen-bond acceptors (Lipinski definition) is 2. The first-order valence-corrected chi connectivity index (χ1v) is 5.09. The molecule has 0 atom stereocenters. The fourth-order valence-electron chi connectivity index (χ4n) is 1.50. The minimum absolute atomic E-state index is 0.0913. The zero-order chi connectivity index (χ0) is 10.2. The highest BCUT2D eigenvalue weighted by molar-refractivity contribution is 9.10. The Labute approximate surface area is 87.5 Å². The van der Waals surface area contributed by atoms with Crippen molar-refractivity contribution in [3.63, 3.8) is 0 Å². The van der Waals surface area contributed by atoms with Gasteiger partial charge in [0.2, 0.25) is 0 Å². The van der Waals surface area contributed by atoms with E-state index in [0.717, 1.165) is 10.4 Å². The summed E-state index contributed by atoms with van der Waals surface area (Å²) in [4.78, 5) is 4.35. The molecule has 1 aromatic heterocycles. The Morgan fingerprint density at radius 3 is 2.23 bits per heavy atom. The normalized spacial score (nSPS) is 12.2. The Kier molecular flexibility index (Phi) is 2.82. The number of halogens is 1. The van der Waals surface area contributed by atoms with Crippen LogP contribution in [-0.4, -0.2) is 9.55 Å². The zero-order valence-corrected chi connectivity index (χ0v) is 10.1. The molecule has 0 bridgehead atoms. The number of aromatic nitrogens is 2. The van der Waals surface area contributed by atoms with E-state index in [1.165, 1.54) is 5.69 Å². The van der Waals surface area contributed by atoms with Gasteiger partial charge in [-0.1, -0.05) is 20.8 Å². The van der Waals surface area contributed by atoms with Crippen molar-refractivity contribution in [1.29, 1.82) is 0 Å². The predicted octanol–water partition coefficient (Wildman–Crippen LogP) is 1.94. The quantitative estimate of drug-likeness (QED) is 0.822. The molecule has 0 amide bonds. The van der Waals surface area contributed by atoms with Crippen LogP contribution in [0.1, 0.15) is 32.3 Å². The van der Waals surface area contributed by atoms with Crippen molar-refractivity contribution in [3.8, 4) is 0 Å². The molecule has 0 saturated heterocycles. The van der Waals surface area contributed by atoms with Gasteiger partial charge in [-0.25, -0.2) is 4.98 Å². The van der Waals surface area contributed by atoms with Crippen molar-refractivity contribution in [1.82, 2.24) is 9.55 Å². The topological polar surface area (TPSA) is 43.8 Å².